The van der Waals surface area contributed by atoms with E-state index in [1.165, 1.54) is 14.2 Å². The van der Waals surface area contributed by atoms with Crippen molar-refractivity contribution in [2.75, 3.05) is 28.4 Å². The summed E-state index contributed by atoms with van der Waals surface area (Å²) in [6, 6.07) is 9.75. The van der Waals surface area contributed by atoms with Gasteiger partial charge in [0.2, 0.25) is 0 Å². The summed E-state index contributed by atoms with van der Waals surface area (Å²) in [5, 5.41) is -0.237. The Kier molecular flexibility index (Phi) is 5.99. The van der Waals surface area contributed by atoms with Crippen LogP contribution >= 0.6 is 0 Å². The summed E-state index contributed by atoms with van der Waals surface area (Å²) in [5.41, 5.74) is -4.98. The second kappa shape index (κ2) is 14.9. The fraction of sp³-hybridized carbons (Fsp3) is 0.294. The SMILES string of the molecule is [2H]c1nc(C([2H])([2H])S(=O)c2nc3ccc(OC)cc3[nH]2)c(C([2H])([2H])[2H])c(OC)c1C([2H])([2H])[2H].[2H]c1nc(CS(=O)c2nc3ccc(OC)cc3[nH]2)c(C([2H])([2H])[2H])c(OC)c1C([2H])([2H])[2H]. The molecule has 0 saturated heterocycles. The average Bonchev–Trinajstić information content (AvgIpc) is 3.82. The zero-order valence-electron chi connectivity index (χ0n) is 41.7. The van der Waals surface area contributed by atoms with Crippen molar-refractivity contribution in [2.45, 2.75) is 49.2 Å². The van der Waals surface area contributed by atoms with E-state index in [9.17, 15) is 8.42 Å². The van der Waals surface area contributed by atoms with Crippen molar-refractivity contribution in [2.24, 2.45) is 0 Å². The number of nitrogens with zero attached hydrogens (tertiary/aromatic N) is 4. The first-order valence-corrected chi connectivity index (χ1v) is 16.0. The van der Waals surface area contributed by atoms with Crippen molar-refractivity contribution >= 4 is 43.7 Å². The molecule has 0 amide bonds. The van der Waals surface area contributed by atoms with Crippen LogP contribution in [0.5, 0.6) is 23.0 Å². The summed E-state index contributed by atoms with van der Waals surface area (Å²) in [5.74, 6) is -0.555. The Bertz CT molecular complexity index is 2770. The van der Waals surface area contributed by atoms with E-state index in [-0.39, 0.29) is 16.0 Å². The van der Waals surface area contributed by atoms with Gasteiger partial charge in [-0.1, -0.05) is 0 Å². The summed E-state index contributed by atoms with van der Waals surface area (Å²) in [4.78, 5) is 21.5. The molecular weight excluding hydrogens is 653 g/mol. The van der Waals surface area contributed by atoms with Crippen LogP contribution in [0, 0.1) is 27.4 Å². The molecule has 4 heterocycles. The number of hydrogen-bond acceptors (Lipinski definition) is 10. The second-order valence-electron chi connectivity index (χ2n) is 9.52. The van der Waals surface area contributed by atoms with Crippen LogP contribution in [-0.2, 0) is 33.1 Å². The van der Waals surface area contributed by atoms with E-state index >= 15 is 0 Å². The number of rotatable bonds is 10. The molecule has 48 heavy (non-hydrogen) atoms. The highest BCUT2D eigenvalue weighted by Crippen LogP contribution is 2.28. The van der Waals surface area contributed by atoms with E-state index < -0.39 is 112 Å². The molecule has 6 aromatic rings. The number of nitrogens with one attached hydrogen (secondary N) is 2. The zero-order chi connectivity index (χ0) is 48.1. The lowest BCUT2D eigenvalue weighted by atomic mass is 10.1. The molecule has 0 aliphatic heterocycles. The number of H-pyrrole nitrogens is 2. The second-order valence-corrected chi connectivity index (χ2v) is 12.0. The van der Waals surface area contributed by atoms with Gasteiger partial charge in [0.25, 0.3) is 0 Å². The van der Waals surface area contributed by atoms with Crippen LogP contribution in [0.1, 0.15) is 55.6 Å². The van der Waals surface area contributed by atoms with Gasteiger partial charge in [0.1, 0.15) is 23.0 Å². The molecule has 0 spiro atoms. The number of pyridine rings is 2. The zero-order valence-corrected chi connectivity index (χ0v) is 27.4. The number of aromatic nitrogens is 6. The maximum Gasteiger partial charge on any atom is 0.197 e. The first-order chi connectivity index (χ1) is 29.5. The maximum atomic E-state index is 13.2. The molecule has 0 aliphatic rings. The Morgan fingerprint density at radius 3 is 1.69 bits per heavy atom. The monoisotopic (exact) mass is 706 g/mol. The highest BCUT2D eigenvalue weighted by molar-refractivity contribution is 7.84. The van der Waals surface area contributed by atoms with E-state index in [0.717, 1.165) is 14.2 Å². The summed E-state index contributed by atoms with van der Waals surface area (Å²) < 4.78 is 172. The summed E-state index contributed by atoms with van der Waals surface area (Å²) in [6.07, 6.45) is -1.57. The van der Waals surface area contributed by atoms with E-state index in [4.69, 9.17) is 40.9 Å². The number of aromatic amines is 2. The number of ether oxygens (including phenoxy) is 4. The summed E-state index contributed by atoms with van der Waals surface area (Å²) in [6.45, 7) is -11.7. The third kappa shape index (κ3) is 7.34. The smallest absolute Gasteiger partial charge is 0.197 e. The highest BCUT2D eigenvalue weighted by Gasteiger charge is 2.18. The van der Waals surface area contributed by atoms with Gasteiger partial charge in [-0.05, 0) is 51.7 Å². The minimum absolute atomic E-state index is 0.0759. The lowest BCUT2D eigenvalue weighted by molar-refractivity contribution is 0.407. The lowest BCUT2D eigenvalue weighted by Crippen LogP contribution is -2.05. The Morgan fingerprint density at radius 1 is 0.708 bits per heavy atom. The van der Waals surface area contributed by atoms with Crippen LogP contribution in [0.3, 0.4) is 0 Å². The van der Waals surface area contributed by atoms with E-state index in [1.54, 1.807) is 36.4 Å². The third-order valence-corrected chi connectivity index (χ3v) is 8.69. The highest BCUT2D eigenvalue weighted by atomic mass is 32.2. The Balaban J connectivity index is 0.000000241. The van der Waals surface area contributed by atoms with E-state index in [0.29, 0.717) is 33.6 Å². The third-order valence-electron chi connectivity index (χ3n) is 6.61. The minimum Gasteiger partial charge on any atom is -0.497 e. The standard InChI is InChI=1S/2C17H19N3O3S/c2*1-10-8-18-15(11(2)16(10)23-4)9-24(21)17-19-13-6-5-12(22-3)7-14(13)20-17/h2*5-8H,9H2,1-4H3,(H,19,20)/i1D3,2D3,8D,9D2;1D3,2D3,8D. The molecule has 0 bridgehead atoms. The van der Waals surface area contributed by atoms with Crippen LogP contribution < -0.4 is 18.9 Å². The Morgan fingerprint density at radius 2 is 1.21 bits per heavy atom. The first-order valence-electron chi connectivity index (χ1n) is 21.6. The van der Waals surface area contributed by atoms with Gasteiger partial charge in [-0.25, -0.2) is 9.97 Å². The quantitative estimate of drug-likeness (QED) is 0.179. The van der Waals surface area contributed by atoms with Crippen LogP contribution in [0.2, 0.25) is 0 Å². The fourth-order valence-electron chi connectivity index (χ4n) is 4.23. The van der Waals surface area contributed by atoms with Crippen LogP contribution in [0.15, 0.2) is 59.1 Å². The summed E-state index contributed by atoms with van der Waals surface area (Å²) in [7, 11) is 0.568. The molecule has 252 valence electrons. The molecule has 0 aliphatic carbocycles. The number of imidazole rings is 2. The van der Waals surface area contributed by atoms with Crippen molar-refractivity contribution in [3.8, 4) is 23.0 Å². The molecule has 2 unspecified atom stereocenters. The van der Waals surface area contributed by atoms with E-state index in [2.05, 4.69) is 29.9 Å². The average molecular weight is 707 g/mol. The number of methoxy groups -OCH3 is 4. The van der Waals surface area contributed by atoms with Crippen LogP contribution in [-0.4, -0.2) is 66.8 Å². The molecule has 2 N–H and O–H groups in total. The number of fused-ring (bicyclic) bond motifs is 2. The van der Waals surface area contributed by atoms with Gasteiger partial charge >= 0.3 is 0 Å². The van der Waals surface area contributed by atoms with Crippen molar-refractivity contribution in [1.29, 1.82) is 0 Å². The molecule has 6 rings (SSSR count). The molecule has 0 fully saturated rings. The van der Waals surface area contributed by atoms with Gasteiger partial charge in [0.15, 0.2) is 10.3 Å². The Labute approximate surface area is 306 Å². The Hall–Kier alpha value is -4.82. The topological polar surface area (TPSA) is 154 Å². The number of hydrogen-bond donors (Lipinski definition) is 2. The molecule has 14 heteroatoms. The van der Waals surface area contributed by atoms with Gasteiger partial charge in [-0.15, -0.1) is 0 Å². The predicted molar refractivity (Wildman–Crippen MR) is 186 cm³/mol. The van der Waals surface area contributed by atoms with Crippen molar-refractivity contribution in [3.05, 3.63) is 82.4 Å². The molecule has 2 aromatic carbocycles. The van der Waals surface area contributed by atoms with Crippen molar-refractivity contribution in [1.82, 2.24) is 29.9 Å². The molecule has 0 radical (unpaired) electrons. The lowest BCUT2D eigenvalue weighted by Gasteiger charge is -2.11. The normalized spacial score (nSPS) is 18.6. The molecule has 12 nitrogen and oxygen atoms in total. The molecular formula is C34H38N6O6S2. The van der Waals surface area contributed by atoms with Gasteiger partial charge in [0, 0.05) is 65.9 Å². The van der Waals surface area contributed by atoms with Gasteiger partial charge in [0.05, 0.1) is 97.7 Å². The van der Waals surface area contributed by atoms with Crippen molar-refractivity contribution < 1.29 is 49.3 Å². The fourth-order valence-corrected chi connectivity index (χ4v) is 6.05. The predicted octanol–water partition coefficient (Wildman–Crippen LogP) is 5.80. The van der Waals surface area contributed by atoms with E-state index in [1.807, 2.05) is 0 Å². The van der Waals surface area contributed by atoms with Crippen molar-refractivity contribution in [3.63, 3.8) is 0 Å². The minimum atomic E-state index is -3.10. The largest absolute Gasteiger partial charge is 0.497 e. The molecule has 4 aromatic heterocycles. The molecule has 2 atom stereocenters. The molecule has 0 saturated carbocycles. The van der Waals surface area contributed by atoms with Gasteiger partial charge in [-0.3, -0.25) is 18.4 Å². The van der Waals surface area contributed by atoms with Gasteiger partial charge in [-0.2, -0.15) is 0 Å². The van der Waals surface area contributed by atoms with Gasteiger partial charge < -0.3 is 28.9 Å². The summed E-state index contributed by atoms with van der Waals surface area (Å²) >= 11 is 0. The first kappa shape index (κ1) is 19.2. The maximum absolute atomic E-state index is 13.2. The van der Waals surface area contributed by atoms with Crippen LogP contribution in [0.4, 0.5) is 0 Å². The number of benzene rings is 2. The van der Waals surface area contributed by atoms with Crippen LogP contribution in [0.25, 0.3) is 22.1 Å².